The summed E-state index contributed by atoms with van der Waals surface area (Å²) in [6.07, 6.45) is 0. The van der Waals surface area contributed by atoms with Crippen LogP contribution in [0.2, 0.25) is 0 Å². The van der Waals surface area contributed by atoms with Crippen LogP contribution in [0.5, 0.6) is 5.75 Å². The molecule has 1 amide bonds. The van der Waals surface area contributed by atoms with Gasteiger partial charge in [0.1, 0.15) is 10.6 Å². The monoisotopic (exact) mass is 348 g/mol. The van der Waals surface area contributed by atoms with E-state index in [0.29, 0.717) is 11.4 Å². The van der Waals surface area contributed by atoms with Gasteiger partial charge in [0.25, 0.3) is 10.0 Å². The van der Waals surface area contributed by atoms with Gasteiger partial charge in [-0.25, -0.2) is 8.42 Å². The van der Waals surface area contributed by atoms with Crippen molar-refractivity contribution in [2.24, 2.45) is 0 Å². The first-order valence-electron chi connectivity index (χ1n) is 7.26. The Balaban J connectivity index is 2.30. The molecule has 0 aliphatic carbocycles. The first-order valence-corrected chi connectivity index (χ1v) is 8.75. The number of hydrogen-bond donors (Lipinski definition) is 1. The number of anilines is 2. The third-order valence-corrected chi connectivity index (χ3v) is 4.99. The molecule has 7 heteroatoms. The van der Waals surface area contributed by atoms with Gasteiger partial charge in [-0.3, -0.25) is 9.52 Å². The molecule has 0 fully saturated rings. The predicted octanol–water partition coefficient (Wildman–Crippen LogP) is 2.79. The molecule has 0 bridgehead atoms. The Morgan fingerprint density at radius 2 is 1.75 bits per heavy atom. The van der Waals surface area contributed by atoms with Gasteiger partial charge in [0.05, 0.1) is 7.11 Å². The molecule has 6 nitrogen and oxygen atoms in total. The largest absolute Gasteiger partial charge is 0.495 e. The third kappa shape index (κ3) is 3.86. The molecule has 24 heavy (non-hydrogen) atoms. The minimum atomic E-state index is -3.78. The van der Waals surface area contributed by atoms with Crippen molar-refractivity contribution >= 4 is 27.3 Å². The number of hydrogen-bond acceptors (Lipinski definition) is 4. The lowest BCUT2D eigenvalue weighted by molar-refractivity contribution is -0.116. The summed E-state index contributed by atoms with van der Waals surface area (Å²) in [6, 6.07) is 11.5. The summed E-state index contributed by atoms with van der Waals surface area (Å²) in [7, 11) is -0.705. The molecule has 128 valence electrons. The molecule has 2 aromatic rings. The van der Waals surface area contributed by atoms with Gasteiger partial charge in [-0.2, -0.15) is 0 Å². The minimum Gasteiger partial charge on any atom is -0.495 e. The fourth-order valence-electron chi connectivity index (χ4n) is 2.14. The lowest BCUT2D eigenvalue weighted by Crippen LogP contribution is -2.22. The van der Waals surface area contributed by atoms with Crippen LogP contribution in [0.3, 0.4) is 0 Å². The quantitative estimate of drug-likeness (QED) is 0.901. The van der Waals surface area contributed by atoms with Crippen LogP contribution < -0.4 is 14.4 Å². The molecule has 0 saturated carbocycles. The summed E-state index contributed by atoms with van der Waals surface area (Å²) in [6.45, 7) is 3.27. The van der Waals surface area contributed by atoms with E-state index in [0.717, 1.165) is 5.56 Å². The summed E-state index contributed by atoms with van der Waals surface area (Å²) < 4.78 is 32.9. The van der Waals surface area contributed by atoms with E-state index in [1.807, 2.05) is 6.92 Å². The number of sulfonamides is 1. The number of rotatable bonds is 5. The molecular formula is C17H20N2O4S. The summed E-state index contributed by atoms with van der Waals surface area (Å²) in [5.41, 5.74) is 1.90. The predicted molar refractivity (Wildman–Crippen MR) is 94.1 cm³/mol. The molecular weight excluding hydrogens is 328 g/mol. The van der Waals surface area contributed by atoms with E-state index in [-0.39, 0.29) is 16.6 Å². The molecule has 0 aromatic heterocycles. The smallest absolute Gasteiger partial charge is 0.265 e. The van der Waals surface area contributed by atoms with E-state index in [4.69, 9.17) is 4.74 Å². The zero-order valence-corrected chi connectivity index (χ0v) is 14.8. The lowest BCUT2D eigenvalue weighted by atomic mass is 10.2. The second-order valence-corrected chi connectivity index (χ2v) is 7.04. The van der Waals surface area contributed by atoms with Crippen LogP contribution in [0.25, 0.3) is 0 Å². The number of ether oxygens (including phenoxy) is 1. The second-order valence-electron chi connectivity index (χ2n) is 5.38. The first-order chi connectivity index (χ1) is 11.2. The number of nitrogens with one attached hydrogen (secondary N) is 1. The SMILES string of the molecule is COc1ccc(C)cc1S(=O)(=O)Nc1ccc(N(C)C(C)=O)cc1. The summed E-state index contributed by atoms with van der Waals surface area (Å²) in [4.78, 5) is 12.9. The standard InChI is InChI=1S/C17H20N2O4S/c1-12-5-10-16(23-4)17(11-12)24(21,22)18-14-6-8-15(9-7-14)19(3)13(2)20/h5-11,18H,1-4H3. The highest BCUT2D eigenvalue weighted by Gasteiger charge is 2.20. The number of aryl methyl sites for hydroxylation is 1. The number of methoxy groups -OCH3 is 1. The number of benzene rings is 2. The highest BCUT2D eigenvalue weighted by atomic mass is 32.2. The van der Waals surface area contributed by atoms with Gasteiger partial charge in [0.15, 0.2) is 0 Å². The second kappa shape index (κ2) is 6.92. The number of carbonyl (C=O) groups excluding carboxylic acids is 1. The van der Waals surface area contributed by atoms with Crippen LogP contribution in [0, 0.1) is 6.92 Å². The molecule has 0 spiro atoms. The van der Waals surface area contributed by atoms with Gasteiger partial charge in [0, 0.05) is 25.3 Å². The molecule has 2 rings (SSSR count). The van der Waals surface area contributed by atoms with Gasteiger partial charge < -0.3 is 9.64 Å². The Morgan fingerprint density at radius 3 is 2.29 bits per heavy atom. The molecule has 0 radical (unpaired) electrons. The van der Waals surface area contributed by atoms with Crippen molar-refractivity contribution in [3.8, 4) is 5.75 Å². The van der Waals surface area contributed by atoms with Crippen LogP contribution in [0.4, 0.5) is 11.4 Å². The summed E-state index contributed by atoms with van der Waals surface area (Å²) in [5, 5.41) is 0. The van der Waals surface area contributed by atoms with Crippen molar-refractivity contribution in [1.29, 1.82) is 0 Å². The topological polar surface area (TPSA) is 75.7 Å². The zero-order valence-electron chi connectivity index (χ0n) is 14.0. The average Bonchev–Trinajstić information content (AvgIpc) is 2.54. The Morgan fingerprint density at radius 1 is 1.12 bits per heavy atom. The Hall–Kier alpha value is -2.54. The van der Waals surface area contributed by atoms with Crippen molar-refractivity contribution in [1.82, 2.24) is 0 Å². The van der Waals surface area contributed by atoms with Gasteiger partial charge in [-0.05, 0) is 48.9 Å². The minimum absolute atomic E-state index is 0.0786. The maximum absolute atomic E-state index is 12.6. The highest BCUT2D eigenvalue weighted by Crippen LogP contribution is 2.27. The lowest BCUT2D eigenvalue weighted by Gasteiger charge is -2.16. The summed E-state index contributed by atoms with van der Waals surface area (Å²) >= 11 is 0. The van der Waals surface area contributed by atoms with Gasteiger partial charge in [0.2, 0.25) is 5.91 Å². The molecule has 0 unspecified atom stereocenters. The Bertz CT molecular complexity index is 845. The van der Waals surface area contributed by atoms with E-state index in [1.165, 1.54) is 18.9 Å². The molecule has 0 atom stereocenters. The van der Waals surface area contributed by atoms with Crippen molar-refractivity contribution in [2.75, 3.05) is 23.8 Å². The van der Waals surface area contributed by atoms with Crippen molar-refractivity contribution in [3.63, 3.8) is 0 Å². The van der Waals surface area contributed by atoms with Gasteiger partial charge >= 0.3 is 0 Å². The van der Waals surface area contributed by atoms with E-state index >= 15 is 0 Å². The van der Waals surface area contributed by atoms with Crippen LogP contribution in [-0.2, 0) is 14.8 Å². The van der Waals surface area contributed by atoms with Gasteiger partial charge in [-0.1, -0.05) is 6.07 Å². The Labute approximate surface area is 142 Å². The highest BCUT2D eigenvalue weighted by molar-refractivity contribution is 7.92. The van der Waals surface area contributed by atoms with E-state index < -0.39 is 10.0 Å². The first kappa shape index (κ1) is 17.8. The van der Waals surface area contributed by atoms with Crippen LogP contribution in [0.1, 0.15) is 12.5 Å². The van der Waals surface area contributed by atoms with Crippen molar-refractivity contribution in [2.45, 2.75) is 18.7 Å². The van der Waals surface area contributed by atoms with E-state index in [9.17, 15) is 13.2 Å². The number of carbonyl (C=O) groups is 1. The third-order valence-electron chi connectivity index (χ3n) is 3.59. The van der Waals surface area contributed by atoms with Crippen LogP contribution in [0.15, 0.2) is 47.4 Å². The van der Waals surface area contributed by atoms with Crippen molar-refractivity contribution in [3.05, 3.63) is 48.0 Å². The zero-order chi connectivity index (χ0) is 17.9. The molecule has 2 aromatic carbocycles. The average molecular weight is 348 g/mol. The molecule has 0 saturated heterocycles. The fraction of sp³-hybridized carbons (Fsp3) is 0.235. The fourth-order valence-corrected chi connectivity index (χ4v) is 3.45. The molecule has 0 aliphatic rings. The molecule has 0 heterocycles. The number of nitrogens with zero attached hydrogens (tertiary/aromatic N) is 1. The maximum atomic E-state index is 12.6. The maximum Gasteiger partial charge on any atom is 0.265 e. The number of amides is 1. The molecule has 0 aliphatic heterocycles. The van der Waals surface area contributed by atoms with Gasteiger partial charge in [-0.15, -0.1) is 0 Å². The molecule has 1 N–H and O–H groups in total. The van der Waals surface area contributed by atoms with Crippen LogP contribution in [-0.4, -0.2) is 28.5 Å². The van der Waals surface area contributed by atoms with Crippen LogP contribution >= 0.6 is 0 Å². The van der Waals surface area contributed by atoms with E-state index in [2.05, 4.69) is 4.72 Å². The summed E-state index contributed by atoms with van der Waals surface area (Å²) in [5.74, 6) is 0.175. The van der Waals surface area contributed by atoms with Crippen molar-refractivity contribution < 1.29 is 17.9 Å². The normalized spacial score (nSPS) is 11.0. The van der Waals surface area contributed by atoms with E-state index in [1.54, 1.807) is 49.5 Å². The Kier molecular flexibility index (Phi) is 5.14.